The van der Waals surface area contributed by atoms with Crippen LogP contribution in [0.3, 0.4) is 0 Å². The van der Waals surface area contributed by atoms with Gasteiger partial charge in [-0.1, -0.05) is 30.3 Å². The van der Waals surface area contributed by atoms with Gasteiger partial charge >= 0.3 is 0 Å². The van der Waals surface area contributed by atoms with Gasteiger partial charge in [-0.2, -0.15) is 0 Å². The smallest absolute Gasteiger partial charge is 0.249 e. The molecule has 30 heavy (non-hydrogen) atoms. The molecule has 2 atom stereocenters. The molecule has 2 fully saturated rings. The Hall–Kier alpha value is -2.22. The second-order valence-electron chi connectivity index (χ2n) is 7.89. The predicted molar refractivity (Wildman–Crippen MR) is 116 cm³/mol. The third-order valence-corrected chi connectivity index (χ3v) is 6.70. The lowest BCUT2D eigenvalue weighted by atomic mass is 10.00. The van der Waals surface area contributed by atoms with Gasteiger partial charge in [-0.15, -0.1) is 11.3 Å². The van der Waals surface area contributed by atoms with Crippen LogP contribution < -0.4 is 0 Å². The van der Waals surface area contributed by atoms with Gasteiger partial charge in [-0.05, 0) is 35.4 Å². The van der Waals surface area contributed by atoms with Crippen LogP contribution in [0.4, 0.5) is 0 Å². The molecule has 4 rings (SSSR count). The van der Waals surface area contributed by atoms with E-state index in [1.807, 2.05) is 18.2 Å². The zero-order chi connectivity index (χ0) is 20.9. The Morgan fingerprint density at radius 3 is 2.77 bits per heavy atom. The Balaban J connectivity index is 1.39. The number of carbonyl (C=O) groups is 2. The topological polar surface area (TPSA) is 59.1 Å². The van der Waals surface area contributed by atoms with Gasteiger partial charge in [0.05, 0.1) is 12.7 Å². The second-order valence-corrected chi connectivity index (χ2v) is 8.84. The van der Waals surface area contributed by atoms with Crippen LogP contribution in [-0.4, -0.2) is 73.7 Å². The van der Waals surface area contributed by atoms with E-state index < -0.39 is 6.04 Å². The Kier molecular flexibility index (Phi) is 6.82. The number of piperazine rings is 1. The third-order valence-electron chi connectivity index (χ3n) is 5.78. The lowest BCUT2D eigenvalue weighted by molar-refractivity contribution is -0.153. The van der Waals surface area contributed by atoms with Gasteiger partial charge in [-0.3, -0.25) is 9.59 Å². The average molecular weight is 429 g/mol. The molecule has 7 heteroatoms. The fraction of sp³-hybridized carbons (Fsp3) is 0.478. The van der Waals surface area contributed by atoms with E-state index in [1.165, 1.54) is 4.88 Å². The van der Waals surface area contributed by atoms with Gasteiger partial charge in [0.25, 0.3) is 0 Å². The highest BCUT2D eigenvalue weighted by Gasteiger charge is 2.36. The summed E-state index contributed by atoms with van der Waals surface area (Å²) in [4.78, 5) is 30.3. The molecule has 0 aliphatic carbocycles. The number of nitrogens with zero attached hydrogens (tertiary/aromatic N) is 2. The van der Waals surface area contributed by atoms with Crippen LogP contribution in [0.15, 0.2) is 41.8 Å². The summed E-state index contributed by atoms with van der Waals surface area (Å²) in [5, 5.41) is 2.06. The monoisotopic (exact) mass is 428 g/mol. The molecule has 0 bridgehead atoms. The van der Waals surface area contributed by atoms with E-state index in [0.717, 1.165) is 30.6 Å². The van der Waals surface area contributed by atoms with E-state index >= 15 is 0 Å². The maximum atomic E-state index is 12.9. The number of hydrogen-bond acceptors (Lipinski definition) is 5. The fourth-order valence-electron chi connectivity index (χ4n) is 4.02. The molecule has 0 spiro atoms. The van der Waals surface area contributed by atoms with Gasteiger partial charge in [0, 0.05) is 38.0 Å². The largest absolute Gasteiger partial charge is 0.376 e. The van der Waals surface area contributed by atoms with Crippen molar-refractivity contribution in [2.75, 3.05) is 40.0 Å². The molecule has 6 nitrogen and oxygen atoms in total. The second kappa shape index (κ2) is 9.73. The Labute approximate surface area is 181 Å². The number of likely N-dealkylation sites (N-methyl/N-ethyl adjacent to an activating group) is 1. The SMILES string of the molecule is CN1CCN(C(=O)COC[C@H]2CCCO2)[C@H](Cc2ccc(-c3cccs3)cc2)C1=O. The van der Waals surface area contributed by atoms with E-state index in [-0.39, 0.29) is 24.5 Å². The van der Waals surface area contributed by atoms with E-state index in [9.17, 15) is 9.59 Å². The first kappa shape index (κ1) is 21.0. The molecule has 2 saturated heterocycles. The molecule has 2 aliphatic heterocycles. The lowest BCUT2D eigenvalue weighted by Crippen LogP contribution is -2.59. The average Bonchev–Trinajstić information content (AvgIpc) is 3.46. The van der Waals surface area contributed by atoms with E-state index in [4.69, 9.17) is 9.47 Å². The molecule has 1 aromatic carbocycles. The molecule has 1 aromatic heterocycles. The highest BCUT2D eigenvalue weighted by Crippen LogP contribution is 2.25. The Bertz CT molecular complexity index is 847. The van der Waals surface area contributed by atoms with Crippen LogP contribution in [0, 0.1) is 0 Å². The summed E-state index contributed by atoms with van der Waals surface area (Å²) in [5.74, 6) is -0.147. The first-order valence-corrected chi connectivity index (χ1v) is 11.4. The van der Waals surface area contributed by atoms with Crippen molar-refractivity contribution in [2.45, 2.75) is 31.4 Å². The number of hydrogen-bond donors (Lipinski definition) is 0. The number of rotatable bonds is 7. The van der Waals surface area contributed by atoms with Gasteiger partial charge in [0.15, 0.2) is 0 Å². The standard InChI is InChI=1S/C23H28N2O4S/c1-24-10-11-25(22(26)16-28-15-19-4-2-12-29-19)20(23(24)27)14-17-6-8-18(9-7-17)21-5-3-13-30-21/h3,5-9,13,19-20H,2,4,10-12,14-16H2,1H3/t19-,20-/m1/s1. The van der Waals surface area contributed by atoms with Gasteiger partial charge in [-0.25, -0.2) is 0 Å². The zero-order valence-electron chi connectivity index (χ0n) is 17.3. The van der Waals surface area contributed by atoms with Crippen molar-refractivity contribution < 1.29 is 19.1 Å². The summed E-state index contributed by atoms with van der Waals surface area (Å²) < 4.78 is 11.1. The Morgan fingerprint density at radius 2 is 2.07 bits per heavy atom. The number of benzene rings is 1. The van der Waals surface area contributed by atoms with Crippen molar-refractivity contribution in [1.29, 1.82) is 0 Å². The maximum Gasteiger partial charge on any atom is 0.249 e. The minimum absolute atomic E-state index is 0.00926. The van der Waals surface area contributed by atoms with Crippen molar-refractivity contribution in [3.8, 4) is 10.4 Å². The lowest BCUT2D eigenvalue weighted by Gasteiger charge is -2.39. The first-order valence-electron chi connectivity index (χ1n) is 10.5. The zero-order valence-corrected chi connectivity index (χ0v) is 18.1. The number of amides is 2. The van der Waals surface area contributed by atoms with Crippen LogP contribution in [-0.2, 0) is 25.5 Å². The van der Waals surface area contributed by atoms with Gasteiger partial charge in [0.1, 0.15) is 12.6 Å². The molecule has 0 saturated carbocycles. The summed E-state index contributed by atoms with van der Waals surface area (Å²) in [6, 6.07) is 11.9. The van der Waals surface area contributed by atoms with Crippen molar-refractivity contribution in [2.24, 2.45) is 0 Å². The van der Waals surface area contributed by atoms with E-state index in [1.54, 1.807) is 28.2 Å². The van der Waals surface area contributed by atoms with Crippen LogP contribution >= 0.6 is 11.3 Å². The predicted octanol–water partition coefficient (Wildman–Crippen LogP) is 2.82. The molecule has 0 radical (unpaired) electrons. The molecular weight excluding hydrogens is 400 g/mol. The molecule has 3 heterocycles. The number of ether oxygens (including phenoxy) is 2. The number of carbonyl (C=O) groups excluding carboxylic acids is 2. The summed E-state index contributed by atoms with van der Waals surface area (Å²) in [6.45, 7) is 2.27. The fourth-order valence-corrected chi connectivity index (χ4v) is 4.75. The van der Waals surface area contributed by atoms with Crippen LogP contribution in [0.5, 0.6) is 0 Å². The highest BCUT2D eigenvalue weighted by atomic mass is 32.1. The minimum Gasteiger partial charge on any atom is -0.376 e. The van der Waals surface area contributed by atoms with Crippen molar-refractivity contribution in [3.63, 3.8) is 0 Å². The third kappa shape index (κ3) is 4.91. The van der Waals surface area contributed by atoms with Crippen molar-refractivity contribution in [3.05, 3.63) is 47.3 Å². The Morgan fingerprint density at radius 1 is 1.23 bits per heavy atom. The molecule has 2 aromatic rings. The summed E-state index contributed by atoms with van der Waals surface area (Å²) in [5.41, 5.74) is 2.21. The van der Waals surface area contributed by atoms with E-state index in [0.29, 0.717) is 26.1 Å². The molecule has 0 unspecified atom stereocenters. The van der Waals surface area contributed by atoms with Crippen LogP contribution in [0.1, 0.15) is 18.4 Å². The number of thiophene rings is 1. The van der Waals surface area contributed by atoms with Gasteiger partial charge in [0.2, 0.25) is 11.8 Å². The summed E-state index contributed by atoms with van der Waals surface area (Å²) in [6.07, 6.45) is 2.61. The molecule has 2 amide bonds. The molecule has 2 aliphatic rings. The normalized spacial score (nSPS) is 22.0. The van der Waals surface area contributed by atoms with Gasteiger partial charge < -0.3 is 19.3 Å². The molecule has 0 N–H and O–H groups in total. The maximum absolute atomic E-state index is 12.9. The quantitative estimate of drug-likeness (QED) is 0.681. The van der Waals surface area contributed by atoms with E-state index in [2.05, 4.69) is 23.6 Å². The molecule has 160 valence electrons. The van der Waals surface area contributed by atoms with Crippen LogP contribution in [0.25, 0.3) is 10.4 Å². The minimum atomic E-state index is -0.491. The summed E-state index contributed by atoms with van der Waals surface area (Å²) >= 11 is 1.70. The van der Waals surface area contributed by atoms with Crippen molar-refractivity contribution in [1.82, 2.24) is 9.80 Å². The summed E-state index contributed by atoms with van der Waals surface area (Å²) in [7, 11) is 1.80. The highest BCUT2D eigenvalue weighted by molar-refractivity contribution is 7.13. The molecular formula is C23H28N2O4S. The first-order chi connectivity index (χ1) is 14.6. The van der Waals surface area contributed by atoms with Crippen LogP contribution in [0.2, 0.25) is 0 Å². The van der Waals surface area contributed by atoms with Crippen molar-refractivity contribution >= 4 is 23.2 Å².